The van der Waals surface area contributed by atoms with Crippen LogP contribution in [0.2, 0.25) is 4.34 Å². The number of carbonyl (C=O) groups excluding carboxylic acids is 1. The molecule has 1 aromatic heterocycles. The molecular formula is C15H17ClN2O5S3. The number of sulfonamides is 2. The fraction of sp³-hybridized carbons (Fsp3) is 0.267. The number of hydrogen-bond donors (Lipinski definition) is 2. The third kappa shape index (κ3) is 5.04. The van der Waals surface area contributed by atoms with Gasteiger partial charge < -0.3 is 0 Å². The average molecular weight is 437 g/mol. The summed E-state index contributed by atoms with van der Waals surface area (Å²) in [4.78, 5) is 12.4. The number of benzene rings is 1. The van der Waals surface area contributed by atoms with Crippen LogP contribution in [0, 0.1) is 5.92 Å². The molecule has 1 aromatic carbocycles. The summed E-state index contributed by atoms with van der Waals surface area (Å²) in [6, 6.07) is 8.89. The first kappa shape index (κ1) is 20.8. The minimum absolute atomic E-state index is 0.0219. The Labute approximate surface area is 161 Å². The lowest BCUT2D eigenvalue weighted by Gasteiger charge is -2.21. The summed E-state index contributed by atoms with van der Waals surface area (Å²) in [6.45, 7) is 3.21. The topological polar surface area (TPSA) is 109 Å². The Kier molecular flexibility index (Phi) is 6.46. The van der Waals surface area contributed by atoms with E-state index in [0.29, 0.717) is 0 Å². The summed E-state index contributed by atoms with van der Waals surface area (Å²) >= 11 is 6.51. The molecule has 0 unspecified atom stereocenters. The van der Waals surface area contributed by atoms with Gasteiger partial charge in [-0.05, 0) is 30.2 Å². The van der Waals surface area contributed by atoms with Gasteiger partial charge in [0.2, 0.25) is 10.0 Å². The predicted octanol–water partition coefficient (Wildman–Crippen LogP) is 2.21. The smallest absolute Gasteiger partial charge is 0.272 e. The highest BCUT2D eigenvalue weighted by atomic mass is 35.5. The van der Waals surface area contributed by atoms with E-state index < -0.39 is 37.9 Å². The standard InChI is InChI=1S/C15H17ClN2O5S3/c1-10(2)14(17-25(20,21)11-6-4-3-5-7-11)15(19)18-26(22,23)13-9-8-12(16)24-13/h3-10,14,17H,1-2H3,(H,18,19)/t14-/m0/s1. The van der Waals surface area contributed by atoms with Gasteiger partial charge in [-0.1, -0.05) is 43.6 Å². The van der Waals surface area contributed by atoms with Crippen LogP contribution in [-0.4, -0.2) is 28.8 Å². The van der Waals surface area contributed by atoms with Crippen LogP contribution in [0.15, 0.2) is 51.6 Å². The molecule has 1 atom stereocenters. The zero-order valence-corrected chi connectivity index (χ0v) is 17.0. The van der Waals surface area contributed by atoms with Crippen molar-refractivity contribution in [2.24, 2.45) is 5.92 Å². The molecule has 1 amide bonds. The Balaban J connectivity index is 2.23. The molecule has 0 radical (unpaired) electrons. The van der Waals surface area contributed by atoms with E-state index in [1.807, 2.05) is 4.72 Å². The largest absolute Gasteiger partial charge is 0.273 e. The van der Waals surface area contributed by atoms with Crippen molar-refractivity contribution in [2.45, 2.75) is 29.0 Å². The Morgan fingerprint density at radius 3 is 2.12 bits per heavy atom. The van der Waals surface area contributed by atoms with Crippen molar-refractivity contribution >= 4 is 48.9 Å². The highest BCUT2D eigenvalue weighted by Crippen LogP contribution is 2.25. The molecule has 0 saturated heterocycles. The quantitative estimate of drug-likeness (QED) is 0.691. The summed E-state index contributed by atoms with van der Waals surface area (Å²) in [5.74, 6) is -1.46. The molecule has 0 fully saturated rings. The Morgan fingerprint density at radius 2 is 1.62 bits per heavy atom. The van der Waals surface area contributed by atoms with Crippen molar-refractivity contribution in [2.75, 3.05) is 0 Å². The molecule has 7 nitrogen and oxygen atoms in total. The van der Waals surface area contributed by atoms with Gasteiger partial charge in [-0.25, -0.2) is 21.6 Å². The second-order valence-corrected chi connectivity index (χ2v) is 11.0. The van der Waals surface area contributed by atoms with Crippen LogP contribution in [0.1, 0.15) is 13.8 Å². The van der Waals surface area contributed by atoms with Gasteiger partial charge in [-0.3, -0.25) is 4.79 Å². The highest BCUT2D eigenvalue weighted by molar-refractivity contribution is 7.92. The first-order valence-electron chi connectivity index (χ1n) is 7.42. The minimum Gasteiger partial charge on any atom is -0.272 e. The van der Waals surface area contributed by atoms with Crippen LogP contribution in [-0.2, 0) is 24.8 Å². The van der Waals surface area contributed by atoms with E-state index >= 15 is 0 Å². The number of thiophene rings is 1. The lowest BCUT2D eigenvalue weighted by atomic mass is 10.1. The van der Waals surface area contributed by atoms with Gasteiger partial charge in [0.15, 0.2) is 0 Å². The van der Waals surface area contributed by atoms with Crippen molar-refractivity contribution in [1.82, 2.24) is 9.44 Å². The van der Waals surface area contributed by atoms with Crippen LogP contribution in [0.5, 0.6) is 0 Å². The van der Waals surface area contributed by atoms with Crippen molar-refractivity contribution in [3.63, 3.8) is 0 Å². The summed E-state index contributed by atoms with van der Waals surface area (Å²) in [5, 5.41) is 0. The van der Waals surface area contributed by atoms with Gasteiger partial charge in [0, 0.05) is 0 Å². The van der Waals surface area contributed by atoms with Gasteiger partial charge in [-0.15, -0.1) is 11.3 Å². The van der Waals surface area contributed by atoms with Crippen molar-refractivity contribution in [3.05, 3.63) is 46.8 Å². The van der Waals surface area contributed by atoms with Gasteiger partial charge in [0.05, 0.1) is 9.23 Å². The molecule has 0 aliphatic rings. The monoisotopic (exact) mass is 436 g/mol. The molecule has 1 heterocycles. The molecule has 0 saturated carbocycles. The Hall–Kier alpha value is -1.46. The number of amides is 1. The molecule has 2 aromatic rings. The number of halogens is 1. The van der Waals surface area contributed by atoms with Gasteiger partial charge >= 0.3 is 0 Å². The van der Waals surface area contributed by atoms with E-state index in [0.717, 1.165) is 11.3 Å². The third-order valence-electron chi connectivity index (χ3n) is 3.33. The van der Waals surface area contributed by atoms with Crippen LogP contribution >= 0.6 is 22.9 Å². The molecule has 26 heavy (non-hydrogen) atoms. The van der Waals surface area contributed by atoms with E-state index in [4.69, 9.17) is 11.6 Å². The Morgan fingerprint density at radius 1 is 1.00 bits per heavy atom. The molecule has 0 aliphatic heterocycles. The lowest BCUT2D eigenvalue weighted by molar-refractivity contribution is -0.121. The molecule has 2 rings (SSSR count). The van der Waals surface area contributed by atoms with Crippen molar-refractivity contribution in [3.8, 4) is 0 Å². The van der Waals surface area contributed by atoms with Crippen molar-refractivity contribution in [1.29, 1.82) is 0 Å². The molecule has 2 N–H and O–H groups in total. The van der Waals surface area contributed by atoms with E-state index in [1.165, 1.54) is 24.3 Å². The summed E-state index contributed by atoms with van der Waals surface area (Å²) < 4.78 is 53.7. The molecule has 11 heteroatoms. The maximum atomic E-state index is 12.4. The maximum absolute atomic E-state index is 12.4. The first-order valence-corrected chi connectivity index (χ1v) is 11.6. The van der Waals surface area contributed by atoms with E-state index in [-0.39, 0.29) is 13.4 Å². The van der Waals surface area contributed by atoms with E-state index in [2.05, 4.69) is 4.72 Å². The second-order valence-electron chi connectivity index (χ2n) is 5.68. The van der Waals surface area contributed by atoms with Crippen molar-refractivity contribution < 1.29 is 21.6 Å². The summed E-state index contributed by atoms with van der Waals surface area (Å²) in [6.07, 6.45) is 0. The zero-order chi connectivity index (χ0) is 19.5. The molecular weight excluding hydrogens is 420 g/mol. The zero-order valence-electron chi connectivity index (χ0n) is 13.8. The minimum atomic E-state index is -4.14. The first-order chi connectivity index (χ1) is 12.0. The number of rotatable bonds is 7. The van der Waals surface area contributed by atoms with E-state index in [9.17, 15) is 21.6 Å². The van der Waals surface area contributed by atoms with Crippen LogP contribution in [0.25, 0.3) is 0 Å². The number of carbonyl (C=O) groups is 1. The normalized spacial score (nSPS) is 13.5. The highest BCUT2D eigenvalue weighted by Gasteiger charge is 2.31. The Bertz CT molecular complexity index is 985. The summed E-state index contributed by atoms with van der Waals surface area (Å²) in [7, 11) is -8.13. The van der Waals surface area contributed by atoms with E-state index in [1.54, 1.807) is 32.0 Å². The molecule has 0 bridgehead atoms. The van der Waals surface area contributed by atoms with Gasteiger partial charge in [0.25, 0.3) is 15.9 Å². The fourth-order valence-corrected chi connectivity index (χ4v) is 5.87. The summed E-state index contributed by atoms with van der Waals surface area (Å²) in [5.41, 5.74) is 0. The molecule has 0 aliphatic carbocycles. The fourth-order valence-electron chi connectivity index (χ4n) is 2.02. The van der Waals surface area contributed by atoms with Gasteiger partial charge in [-0.2, -0.15) is 4.72 Å². The second kappa shape index (κ2) is 8.05. The average Bonchev–Trinajstić information content (AvgIpc) is 3.00. The molecule has 0 spiro atoms. The number of nitrogens with one attached hydrogen (secondary N) is 2. The SMILES string of the molecule is CC(C)[C@H](NS(=O)(=O)c1ccccc1)C(=O)NS(=O)(=O)c1ccc(Cl)s1. The van der Waals surface area contributed by atoms with Crippen LogP contribution in [0.4, 0.5) is 0 Å². The van der Waals surface area contributed by atoms with Crippen LogP contribution < -0.4 is 9.44 Å². The van der Waals surface area contributed by atoms with Crippen LogP contribution in [0.3, 0.4) is 0 Å². The molecule has 142 valence electrons. The lowest BCUT2D eigenvalue weighted by Crippen LogP contribution is -2.50. The third-order valence-corrected chi connectivity index (χ3v) is 7.86. The van der Waals surface area contributed by atoms with Gasteiger partial charge in [0.1, 0.15) is 10.3 Å². The predicted molar refractivity (Wildman–Crippen MR) is 100 cm³/mol. The maximum Gasteiger partial charge on any atom is 0.273 e. The number of hydrogen-bond acceptors (Lipinski definition) is 6.